The standard InChI is InChI=1S/C16H13Cl2N3O3S/c1-8-3-4-10(11(17)5-8)15(22)20-16(25)19-13-7-12(18)14(21(23)24)6-9(13)2/h3-7H,1-2H3,(H2,19,20,22,25). The summed E-state index contributed by atoms with van der Waals surface area (Å²) in [4.78, 5) is 22.5. The molecule has 0 radical (unpaired) electrons. The first-order valence-corrected chi connectivity index (χ1v) is 8.18. The highest BCUT2D eigenvalue weighted by atomic mass is 35.5. The fourth-order valence-corrected chi connectivity index (χ4v) is 2.83. The summed E-state index contributed by atoms with van der Waals surface area (Å²) >= 11 is 17.0. The van der Waals surface area contributed by atoms with Gasteiger partial charge in [0.05, 0.1) is 15.5 Å². The van der Waals surface area contributed by atoms with Crippen LogP contribution < -0.4 is 10.6 Å². The van der Waals surface area contributed by atoms with E-state index in [4.69, 9.17) is 35.4 Å². The molecule has 25 heavy (non-hydrogen) atoms. The van der Waals surface area contributed by atoms with E-state index in [1.54, 1.807) is 25.1 Å². The van der Waals surface area contributed by atoms with Gasteiger partial charge in [-0.05, 0) is 55.4 Å². The number of carbonyl (C=O) groups excluding carboxylic acids is 1. The number of nitro groups is 1. The number of benzene rings is 2. The van der Waals surface area contributed by atoms with Crippen LogP contribution in [0.2, 0.25) is 10.0 Å². The van der Waals surface area contributed by atoms with Crippen LogP contribution in [0.5, 0.6) is 0 Å². The number of rotatable bonds is 3. The highest BCUT2D eigenvalue weighted by Gasteiger charge is 2.17. The number of nitro benzene ring substituents is 1. The Hall–Kier alpha value is -2.22. The summed E-state index contributed by atoms with van der Waals surface area (Å²) in [5.41, 5.74) is 2.02. The average molecular weight is 398 g/mol. The SMILES string of the molecule is Cc1ccc(C(=O)NC(=S)Nc2cc(Cl)c([N+](=O)[O-])cc2C)c(Cl)c1. The van der Waals surface area contributed by atoms with Crippen molar-refractivity contribution in [3.8, 4) is 0 Å². The van der Waals surface area contributed by atoms with E-state index in [1.165, 1.54) is 12.1 Å². The summed E-state index contributed by atoms with van der Waals surface area (Å²) in [7, 11) is 0. The van der Waals surface area contributed by atoms with E-state index in [2.05, 4.69) is 10.6 Å². The van der Waals surface area contributed by atoms with Crippen molar-refractivity contribution in [2.45, 2.75) is 13.8 Å². The molecule has 2 N–H and O–H groups in total. The Morgan fingerprint density at radius 1 is 1.16 bits per heavy atom. The lowest BCUT2D eigenvalue weighted by Crippen LogP contribution is -2.34. The highest BCUT2D eigenvalue weighted by molar-refractivity contribution is 7.80. The van der Waals surface area contributed by atoms with Gasteiger partial charge in [0, 0.05) is 11.8 Å². The van der Waals surface area contributed by atoms with Crippen molar-refractivity contribution in [3.63, 3.8) is 0 Å². The molecular weight excluding hydrogens is 385 g/mol. The Kier molecular flexibility index (Phi) is 5.94. The fourth-order valence-electron chi connectivity index (χ4n) is 2.07. The Labute approximate surface area is 159 Å². The molecule has 0 saturated heterocycles. The third kappa shape index (κ3) is 4.66. The monoisotopic (exact) mass is 397 g/mol. The maximum absolute atomic E-state index is 12.2. The van der Waals surface area contributed by atoms with Crippen LogP contribution in [0.1, 0.15) is 21.5 Å². The molecule has 2 aromatic carbocycles. The molecule has 0 heterocycles. The van der Waals surface area contributed by atoms with Gasteiger partial charge >= 0.3 is 0 Å². The van der Waals surface area contributed by atoms with Crippen LogP contribution in [-0.2, 0) is 0 Å². The zero-order chi connectivity index (χ0) is 18.7. The fraction of sp³-hybridized carbons (Fsp3) is 0.125. The average Bonchev–Trinajstić information content (AvgIpc) is 2.49. The van der Waals surface area contributed by atoms with E-state index in [1.807, 2.05) is 6.92 Å². The van der Waals surface area contributed by atoms with E-state index in [-0.39, 0.29) is 21.4 Å². The maximum atomic E-state index is 12.2. The highest BCUT2D eigenvalue weighted by Crippen LogP contribution is 2.30. The van der Waals surface area contributed by atoms with Gasteiger partial charge < -0.3 is 5.32 Å². The van der Waals surface area contributed by atoms with Gasteiger partial charge in [-0.2, -0.15) is 0 Å². The molecule has 2 rings (SSSR count). The quantitative estimate of drug-likeness (QED) is 0.447. The van der Waals surface area contributed by atoms with Crippen LogP contribution in [-0.4, -0.2) is 15.9 Å². The minimum atomic E-state index is -0.571. The Bertz CT molecular complexity index is 887. The smallest absolute Gasteiger partial charge is 0.288 e. The van der Waals surface area contributed by atoms with E-state index >= 15 is 0 Å². The molecule has 0 aliphatic heterocycles. The lowest BCUT2D eigenvalue weighted by Gasteiger charge is -2.13. The number of halogens is 2. The lowest BCUT2D eigenvalue weighted by molar-refractivity contribution is -0.384. The predicted molar refractivity (Wildman–Crippen MR) is 103 cm³/mol. The molecule has 0 fully saturated rings. The molecule has 130 valence electrons. The summed E-state index contributed by atoms with van der Waals surface area (Å²) in [5.74, 6) is -0.465. The van der Waals surface area contributed by atoms with Crippen molar-refractivity contribution in [2.24, 2.45) is 0 Å². The van der Waals surface area contributed by atoms with Crippen LogP contribution in [0.25, 0.3) is 0 Å². The van der Waals surface area contributed by atoms with Crippen LogP contribution in [0.4, 0.5) is 11.4 Å². The summed E-state index contributed by atoms with van der Waals surface area (Å²) in [6, 6.07) is 7.74. The van der Waals surface area contributed by atoms with E-state index < -0.39 is 10.8 Å². The number of nitrogens with one attached hydrogen (secondary N) is 2. The van der Waals surface area contributed by atoms with Crippen LogP contribution in [0, 0.1) is 24.0 Å². The zero-order valence-electron chi connectivity index (χ0n) is 13.2. The summed E-state index contributed by atoms with van der Waals surface area (Å²) < 4.78 is 0. The minimum Gasteiger partial charge on any atom is -0.332 e. The van der Waals surface area contributed by atoms with E-state index in [9.17, 15) is 14.9 Å². The number of thiocarbonyl (C=S) groups is 1. The van der Waals surface area contributed by atoms with Crippen molar-refractivity contribution in [1.82, 2.24) is 5.32 Å². The molecule has 0 saturated carbocycles. The molecular formula is C16H13Cl2N3O3S. The number of hydrogen-bond donors (Lipinski definition) is 2. The molecule has 0 aromatic heterocycles. The van der Waals surface area contributed by atoms with Gasteiger partial charge in [0.2, 0.25) is 0 Å². The maximum Gasteiger partial charge on any atom is 0.288 e. The van der Waals surface area contributed by atoms with Gasteiger partial charge in [-0.25, -0.2) is 0 Å². The normalized spacial score (nSPS) is 10.2. The van der Waals surface area contributed by atoms with Crippen molar-refractivity contribution in [3.05, 3.63) is 67.2 Å². The summed E-state index contributed by atoms with van der Waals surface area (Å²) in [6.45, 7) is 3.52. The largest absolute Gasteiger partial charge is 0.332 e. The van der Waals surface area contributed by atoms with Crippen LogP contribution in [0.3, 0.4) is 0 Å². The first-order chi connectivity index (χ1) is 11.7. The van der Waals surface area contributed by atoms with Gasteiger partial charge in [-0.1, -0.05) is 29.3 Å². The Morgan fingerprint density at radius 3 is 2.44 bits per heavy atom. The van der Waals surface area contributed by atoms with E-state index in [0.717, 1.165) is 5.56 Å². The molecule has 0 spiro atoms. The second-order valence-electron chi connectivity index (χ2n) is 5.27. The first-order valence-electron chi connectivity index (χ1n) is 7.02. The van der Waals surface area contributed by atoms with Crippen LogP contribution in [0.15, 0.2) is 30.3 Å². The molecule has 0 aliphatic carbocycles. The van der Waals surface area contributed by atoms with Crippen LogP contribution >= 0.6 is 35.4 Å². The van der Waals surface area contributed by atoms with Crippen molar-refractivity contribution >= 4 is 57.8 Å². The number of carbonyl (C=O) groups is 1. The Morgan fingerprint density at radius 2 is 1.84 bits per heavy atom. The Balaban J connectivity index is 2.13. The number of anilines is 1. The third-order valence-corrected chi connectivity index (χ3v) is 4.15. The van der Waals surface area contributed by atoms with Gasteiger partial charge in [0.1, 0.15) is 5.02 Å². The third-order valence-electron chi connectivity index (χ3n) is 3.33. The minimum absolute atomic E-state index is 0.0228. The molecule has 1 amide bonds. The number of nitrogens with zero attached hydrogens (tertiary/aromatic N) is 1. The molecule has 6 nitrogen and oxygen atoms in total. The van der Waals surface area contributed by atoms with Gasteiger partial charge in [0.15, 0.2) is 5.11 Å². The van der Waals surface area contributed by atoms with Gasteiger partial charge in [-0.3, -0.25) is 20.2 Å². The second kappa shape index (κ2) is 7.77. The predicted octanol–water partition coefficient (Wildman–Crippen LogP) is 4.65. The molecule has 9 heteroatoms. The summed E-state index contributed by atoms with van der Waals surface area (Å²) in [6.07, 6.45) is 0. The molecule has 0 unspecified atom stereocenters. The second-order valence-corrected chi connectivity index (χ2v) is 6.49. The summed E-state index contributed by atoms with van der Waals surface area (Å²) in [5, 5.41) is 16.5. The van der Waals surface area contributed by atoms with Crippen molar-refractivity contribution in [1.29, 1.82) is 0 Å². The topological polar surface area (TPSA) is 84.3 Å². The number of hydrogen-bond acceptors (Lipinski definition) is 4. The first kappa shape index (κ1) is 19.1. The van der Waals surface area contributed by atoms with Gasteiger partial charge in [-0.15, -0.1) is 0 Å². The lowest BCUT2D eigenvalue weighted by atomic mass is 10.1. The molecule has 0 atom stereocenters. The number of amides is 1. The van der Waals surface area contributed by atoms with Gasteiger partial charge in [0.25, 0.3) is 11.6 Å². The molecule has 2 aromatic rings. The van der Waals surface area contributed by atoms with Crippen molar-refractivity contribution in [2.75, 3.05) is 5.32 Å². The van der Waals surface area contributed by atoms with E-state index in [0.29, 0.717) is 16.3 Å². The number of aryl methyl sites for hydroxylation is 2. The molecule has 0 aliphatic rings. The molecule has 0 bridgehead atoms. The zero-order valence-corrected chi connectivity index (χ0v) is 15.6. The van der Waals surface area contributed by atoms with Crippen molar-refractivity contribution < 1.29 is 9.72 Å².